The molecular formula is C9H19NO. The molecule has 0 aromatic carbocycles. The molecule has 0 radical (unpaired) electrons. The van der Waals surface area contributed by atoms with Gasteiger partial charge in [-0.2, -0.15) is 0 Å². The molecule has 2 nitrogen and oxygen atoms in total. The molecule has 1 aliphatic rings. The van der Waals surface area contributed by atoms with Crippen molar-refractivity contribution in [2.75, 3.05) is 13.1 Å². The van der Waals surface area contributed by atoms with Crippen LogP contribution in [0.5, 0.6) is 0 Å². The molecule has 1 heterocycles. The second-order valence-electron chi connectivity index (χ2n) is 4.58. The van der Waals surface area contributed by atoms with Crippen LogP contribution in [0.15, 0.2) is 0 Å². The van der Waals surface area contributed by atoms with Gasteiger partial charge in [-0.15, -0.1) is 0 Å². The molecule has 1 fully saturated rings. The van der Waals surface area contributed by atoms with E-state index in [0.29, 0.717) is 5.92 Å². The van der Waals surface area contributed by atoms with E-state index in [1.54, 1.807) is 0 Å². The van der Waals surface area contributed by atoms with E-state index in [4.69, 9.17) is 0 Å². The van der Waals surface area contributed by atoms with Gasteiger partial charge < -0.3 is 5.11 Å². The summed E-state index contributed by atoms with van der Waals surface area (Å²) < 4.78 is 0. The van der Waals surface area contributed by atoms with E-state index in [1.807, 2.05) is 6.92 Å². The highest BCUT2D eigenvalue weighted by atomic mass is 16.3. The maximum absolute atomic E-state index is 9.23. The van der Waals surface area contributed by atoms with Gasteiger partial charge in [0.05, 0.1) is 6.10 Å². The molecule has 1 aliphatic heterocycles. The predicted octanol–water partition coefficient (Wildman–Crippen LogP) is 1.10. The molecule has 1 rings (SSSR count). The Bertz CT molecular complexity index is 131. The maximum Gasteiger partial charge on any atom is 0.0564 e. The first-order valence-electron chi connectivity index (χ1n) is 4.34. The zero-order valence-corrected chi connectivity index (χ0v) is 7.96. The van der Waals surface area contributed by atoms with Crippen LogP contribution in [0.4, 0.5) is 0 Å². The van der Waals surface area contributed by atoms with Crippen LogP contribution in [0.2, 0.25) is 0 Å². The summed E-state index contributed by atoms with van der Waals surface area (Å²) in [6, 6.07) is 0. The zero-order valence-electron chi connectivity index (χ0n) is 7.96. The molecule has 0 spiro atoms. The van der Waals surface area contributed by atoms with Crippen LogP contribution in [0.3, 0.4) is 0 Å². The summed E-state index contributed by atoms with van der Waals surface area (Å²) in [5.74, 6) is 0.509. The third-order valence-corrected chi connectivity index (χ3v) is 2.54. The number of aliphatic hydroxyl groups excluding tert-OH is 1. The van der Waals surface area contributed by atoms with Gasteiger partial charge >= 0.3 is 0 Å². The van der Waals surface area contributed by atoms with Crippen LogP contribution in [0.1, 0.15) is 27.7 Å². The third-order valence-electron chi connectivity index (χ3n) is 2.54. The first-order chi connectivity index (χ1) is 4.91. The highest BCUT2D eigenvalue weighted by Gasteiger charge is 2.36. The lowest BCUT2D eigenvalue weighted by Crippen LogP contribution is -2.58. The summed E-state index contributed by atoms with van der Waals surface area (Å²) in [5.41, 5.74) is 0.283. The number of nitrogens with zero attached hydrogens (tertiary/aromatic N) is 1. The lowest BCUT2D eigenvalue weighted by atomic mass is 9.89. The molecular weight excluding hydrogens is 138 g/mol. The van der Waals surface area contributed by atoms with Crippen molar-refractivity contribution in [1.29, 1.82) is 0 Å². The van der Waals surface area contributed by atoms with Crippen molar-refractivity contribution in [3.8, 4) is 0 Å². The van der Waals surface area contributed by atoms with Gasteiger partial charge in [0.2, 0.25) is 0 Å². The average Bonchev–Trinajstić information content (AvgIpc) is 1.51. The van der Waals surface area contributed by atoms with Crippen LogP contribution >= 0.6 is 0 Å². The van der Waals surface area contributed by atoms with Gasteiger partial charge in [0.25, 0.3) is 0 Å². The summed E-state index contributed by atoms with van der Waals surface area (Å²) in [6.07, 6.45) is -0.131. The normalized spacial score (nSPS) is 24.8. The highest BCUT2D eigenvalue weighted by molar-refractivity contribution is 4.90. The van der Waals surface area contributed by atoms with Crippen LogP contribution in [0.25, 0.3) is 0 Å². The maximum atomic E-state index is 9.23. The molecule has 0 amide bonds. The van der Waals surface area contributed by atoms with Crippen molar-refractivity contribution >= 4 is 0 Å². The van der Waals surface area contributed by atoms with Crippen LogP contribution in [-0.2, 0) is 0 Å². The first kappa shape index (κ1) is 9.01. The Hall–Kier alpha value is -0.0800. The highest BCUT2D eigenvalue weighted by Crippen LogP contribution is 2.26. The van der Waals surface area contributed by atoms with Gasteiger partial charge in [-0.25, -0.2) is 0 Å². The minimum absolute atomic E-state index is 0.131. The molecule has 11 heavy (non-hydrogen) atoms. The fourth-order valence-corrected chi connectivity index (χ4v) is 1.37. The number of aliphatic hydroxyl groups is 1. The van der Waals surface area contributed by atoms with Crippen LogP contribution in [0, 0.1) is 5.92 Å². The van der Waals surface area contributed by atoms with Crippen molar-refractivity contribution in [2.45, 2.75) is 39.3 Å². The van der Waals surface area contributed by atoms with E-state index in [0.717, 1.165) is 13.1 Å². The van der Waals surface area contributed by atoms with E-state index in [9.17, 15) is 5.11 Å². The minimum atomic E-state index is -0.131. The third kappa shape index (κ3) is 1.94. The summed E-state index contributed by atoms with van der Waals surface area (Å²) in [4.78, 5) is 2.39. The Balaban J connectivity index is 2.30. The summed E-state index contributed by atoms with van der Waals surface area (Å²) in [7, 11) is 0. The van der Waals surface area contributed by atoms with Crippen molar-refractivity contribution in [3.63, 3.8) is 0 Å². The van der Waals surface area contributed by atoms with Crippen molar-refractivity contribution in [1.82, 2.24) is 4.90 Å². The van der Waals surface area contributed by atoms with E-state index in [1.165, 1.54) is 0 Å². The van der Waals surface area contributed by atoms with Crippen molar-refractivity contribution in [3.05, 3.63) is 0 Å². The molecule has 1 saturated heterocycles. The van der Waals surface area contributed by atoms with Gasteiger partial charge in [-0.05, 0) is 27.7 Å². The number of likely N-dealkylation sites (tertiary alicyclic amines) is 1. The number of hydrogen-bond acceptors (Lipinski definition) is 2. The van der Waals surface area contributed by atoms with Gasteiger partial charge in [-0.3, -0.25) is 4.90 Å². The Morgan fingerprint density at radius 1 is 1.36 bits per heavy atom. The fourth-order valence-electron chi connectivity index (χ4n) is 1.37. The lowest BCUT2D eigenvalue weighted by molar-refractivity contribution is -0.0417. The molecule has 1 atom stereocenters. The van der Waals surface area contributed by atoms with Gasteiger partial charge in [0.1, 0.15) is 0 Å². The Morgan fingerprint density at radius 3 is 2.09 bits per heavy atom. The first-order valence-corrected chi connectivity index (χ1v) is 4.34. The second kappa shape index (κ2) is 2.76. The smallest absolute Gasteiger partial charge is 0.0564 e. The zero-order chi connectivity index (χ0) is 8.65. The molecule has 1 N–H and O–H groups in total. The van der Waals surface area contributed by atoms with E-state index >= 15 is 0 Å². The molecule has 2 heteroatoms. The Morgan fingerprint density at radius 2 is 1.82 bits per heavy atom. The van der Waals surface area contributed by atoms with Gasteiger partial charge in [0.15, 0.2) is 0 Å². The number of rotatable bonds is 1. The monoisotopic (exact) mass is 157 g/mol. The average molecular weight is 157 g/mol. The standard InChI is InChI=1S/C9H19NO/c1-7(11)8-5-10(6-8)9(2,3)4/h7-8,11H,5-6H2,1-4H3. The van der Waals surface area contributed by atoms with E-state index in [-0.39, 0.29) is 11.6 Å². The predicted molar refractivity (Wildman–Crippen MR) is 46.5 cm³/mol. The van der Waals surface area contributed by atoms with Gasteiger partial charge in [-0.1, -0.05) is 0 Å². The molecule has 1 unspecified atom stereocenters. The SMILES string of the molecule is CC(O)C1CN(C(C)(C)C)C1. The Labute approximate surface area is 69.2 Å². The molecule has 0 aromatic rings. The molecule has 0 bridgehead atoms. The van der Waals surface area contributed by atoms with E-state index < -0.39 is 0 Å². The van der Waals surface area contributed by atoms with E-state index in [2.05, 4.69) is 25.7 Å². The summed E-state index contributed by atoms with van der Waals surface area (Å²) >= 11 is 0. The van der Waals surface area contributed by atoms with Crippen molar-refractivity contribution in [2.24, 2.45) is 5.92 Å². The Kier molecular flexibility index (Phi) is 2.26. The summed E-state index contributed by atoms with van der Waals surface area (Å²) in [5, 5.41) is 9.23. The molecule has 0 saturated carbocycles. The van der Waals surface area contributed by atoms with Gasteiger partial charge in [0, 0.05) is 24.5 Å². The largest absolute Gasteiger partial charge is 0.393 e. The quantitative estimate of drug-likeness (QED) is 0.616. The minimum Gasteiger partial charge on any atom is -0.393 e. The summed E-state index contributed by atoms with van der Waals surface area (Å²) in [6.45, 7) is 10.6. The topological polar surface area (TPSA) is 23.5 Å². The molecule has 0 aliphatic carbocycles. The fraction of sp³-hybridized carbons (Fsp3) is 1.00. The van der Waals surface area contributed by atoms with Crippen LogP contribution < -0.4 is 0 Å². The molecule has 0 aromatic heterocycles. The number of hydrogen-bond donors (Lipinski definition) is 1. The lowest BCUT2D eigenvalue weighted by Gasteiger charge is -2.48. The second-order valence-corrected chi connectivity index (χ2v) is 4.58. The van der Waals surface area contributed by atoms with Crippen LogP contribution in [-0.4, -0.2) is 34.7 Å². The van der Waals surface area contributed by atoms with Crippen molar-refractivity contribution < 1.29 is 5.11 Å². The molecule has 66 valence electrons.